The van der Waals surface area contributed by atoms with Crippen molar-refractivity contribution in [3.63, 3.8) is 0 Å². The van der Waals surface area contributed by atoms with Crippen molar-refractivity contribution in [2.45, 2.75) is 19.6 Å². The Morgan fingerprint density at radius 2 is 2.04 bits per heavy atom. The lowest BCUT2D eigenvalue weighted by atomic mass is 10.2. The van der Waals surface area contributed by atoms with Gasteiger partial charge < -0.3 is 9.84 Å². The van der Waals surface area contributed by atoms with E-state index >= 15 is 0 Å². The summed E-state index contributed by atoms with van der Waals surface area (Å²) in [7, 11) is 0. The number of benzene rings is 1. The molecule has 28 heavy (non-hydrogen) atoms. The Balaban J connectivity index is 2.13. The molecule has 0 unspecified atom stereocenters. The minimum absolute atomic E-state index is 0.209. The quantitative estimate of drug-likeness (QED) is 0.640. The van der Waals surface area contributed by atoms with E-state index in [1.807, 2.05) is 0 Å². The molecule has 2 aromatic heterocycles. The lowest BCUT2D eigenvalue weighted by Gasteiger charge is -2.14. The van der Waals surface area contributed by atoms with E-state index in [1.54, 1.807) is 6.92 Å². The second-order valence-electron chi connectivity index (χ2n) is 5.58. The van der Waals surface area contributed by atoms with Crippen LogP contribution in [0.3, 0.4) is 0 Å². The molecule has 3 aromatic rings. The molecule has 0 aliphatic heterocycles. The molecule has 0 saturated carbocycles. The molecule has 6 nitrogen and oxygen atoms in total. The van der Waals surface area contributed by atoms with Crippen LogP contribution in [0.2, 0.25) is 5.02 Å². The number of imidazole rings is 1. The molecule has 0 aliphatic rings. The van der Waals surface area contributed by atoms with Gasteiger partial charge in [0.1, 0.15) is 17.1 Å². The number of aromatic hydroxyl groups is 1. The molecule has 3 rings (SSSR count). The summed E-state index contributed by atoms with van der Waals surface area (Å²) in [5, 5.41) is 9.62. The smallest absolute Gasteiger partial charge is 0.421 e. The number of aryl methyl sites for hydroxylation is 1. The number of pyridine rings is 1. The van der Waals surface area contributed by atoms with Gasteiger partial charge in [0.15, 0.2) is 0 Å². The van der Waals surface area contributed by atoms with Crippen molar-refractivity contribution < 1.29 is 27.4 Å². The van der Waals surface area contributed by atoms with E-state index < -0.39 is 40.7 Å². The molecular formula is C17H12ClF4N3O3. The lowest BCUT2D eigenvalue weighted by Crippen LogP contribution is -2.23. The molecule has 0 radical (unpaired) electrons. The van der Waals surface area contributed by atoms with E-state index in [4.69, 9.17) is 16.3 Å². The van der Waals surface area contributed by atoms with Crippen LogP contribution in [0.25, 0.3) is 5.69 Å². The Morgan fingerprint density at radius 3 is 2.64 bits per heavy atom. The molecule has 0 saturated heterocycles. The number of hydrogen-bond acceptors (Lipinski definition) is 4. The van der Waals surface area contributed by atoms with Crippen molar-refractivity contribution in [1.29, 1.82) is 0 Å². The van der Waals surface area contributed by atoms with Crippen LogP contribution in [0.15, 0.2) is 41.5 Å². The molecule has 1 aromatic carbocycles. The lowest BCUT2D eigenvalue weighted by molar-refractivity contribution is -0.138. The molecule has 0 bridgehead atoms. The van der Waals surface area contributed by atoms with E-state index in [1.165, 1.54) is 0 Å². The van der Waals surface area contributed by atoms with Gasteiger partial charge in [0.2, 0.25) is 11.8 Å². The number of halogens is 5. The molecule has 11 heteroatoms. The summed E-state index contributed by atoms with van der Waals surface area (Å²) in [4.78, 5) is 15.8. The van der Waals surface area contributed by atoms with Gasteiger partial charge in [0, 0.05) is 18.8 Å². The number of alkyl halides is 3. The molecule has 0 fully saturated rings. The second kappa shape index (κ2) is 7.19. The predicted octanol–water partition coefficient (Wildman–Crippen LogP) is 4.36. The fourth-order valence-electron chi connectivity index (χ4n) is 2.49. The van der Waals surface area contributed by atoms with Crippen LogP contribution >= 0.6 is 11.6 Å². The monoisotopic (exact) mass is 417 g/mol. The third kappa shape index (κ3) is 3.55. The Bertz CT molecular complexity index is 1090. The Hall–Kier alpha value is -3.01. The van der Waals surface area contributed by atoms with Crippen LogP contribution in [-0.4, -0.2) is 19.2 Å². The first-order valence-electron chi connectivity index (χ1n) is 7.84. The van der Waals surface area contributed by atoms with Crippen LogP contribution in [0.1, 0.15) is 12.5 Å². The van der Waals surface area contributed by atoms with Gasteiger partial charge in [0.25, 0.3) is 0 Å². The van der Waals surface area contributed by atoms with Gasteiger partial charge in [0.05, 0.1) is 16.9 Å². The average molecular weight is 418 g/mol. The minimum atomic E-state index is -4.74. The zero-order valence-corrected chi connectivity index (χ0v) is 14.9. The van der Waals surface area contributed by atoms with Gasteiger partial charge >= 0.3 is 11.9 Å². The minimum Gasteiger partial charge on any atom is -0.493 e. The summed E-state index contributed by atoms with van der Waals surface area (Å²) in [6.45, 7) is 1.85. The maximum atomic E-state index is 14.4. The van der Waals surface area contributed by atoms with Gasteiger partial charge in [-0.15, -0.1) is 0 Å². The number of hydrogen-bond donors (Lipinski definition) is 1. The van der Waals surface area contributed by atoms with Gasteiger partial charge in [-0.3, -0.25) is 4.57 Å². The van der Waals surface area contributed by atoms with Gasteiger partial charge in [-0.1, -0.05) is 11.6 Å². The molecule has 2 heterocycles. The zero-order chi connectivity index (χ0) is 20.6. The van der Waals surface area contributed by atoms with Gasteiger partial charge in [-0.2, -0.15) is 13.2 Å². The third-order valence-electron chi connectivity index (χ3n) is 3.80. The van der Waals surface area contributed by atoms with Crippen LogP contribution in [-0.2, 0) is 12.7 Å². The molecular weight excluding hydrogens is 406 g/mol. The Morgan fingerprint density at radius 1 is 1.32 bits per heavy atom. The molecule has 0 amide bonds. The molecule has 0 spiro atoms. The highest BCUT2D eigenvalue weighted by molar-refractivity contribution is 6.32. The predicted molar refractivity (Wildman–Crippen MR) is 91.6 cm³/mol. The fraction of sp³-hybridized carbons (Fsp3) is 0.176. The molecule has 0 aliphatic carbocycles. The summed E-state index contributed by atoms with van der Waals surface area (Å²) in [6, 6.07) is 3.52. The first-order valence-corrected chi connectivity index (χ1v) is 8.22. The zero-order valence-electron chi connectivity index (χ0n) is 14.2. The van der Waals surface area contributed by atoms with E-state index in [2.05, 4.69) is 4.98 Å². The summed E-state index contributed by atoms with van der Waals surface area (Å²) < 4.78 is 60.6. The van der Waals surface area contributed by atoms with Crippen molar-refractivity contribution in [3.05, 3.63) is 63.5 Å². The average Bonchev–Trinajstić information content (AvgIpc) is 2.91. The topological polar surface area (TPSA) is 69.3 Å². The summed E-state index contributed by atoms with van der Waals surface area (Å²) in [6.07, 6.45) is -2.56. The van der Waals surface area contributed by atoms with Crippen molar-refractivity contribution in [3.8, 4) is 23.2 Å². The van der Waals surface area contributed by atoms with E-state index in [-0.39, 0.29) is 17.3 Å². The van der Waals surface area contributed by atoms with Crippen molar-refractivity contribution in [2.75, 3.05) is 0 Å². The SMILES string of the molecule is CCn1cc(O)n(-c2cc(Oc3ncccc3C(F)(F)F)c(Cl)cc2F)c1=O. The largest absolute Gasteiger partial charge is 0.493 e. The maximum Gasteiger partial charge on any atom is 0.421 e. The van der Waals surface area contributed by atoms with Crippen molar-refractivity contribution in [1.82, 2.24) is 14.1 Å². The Labute approximate surface area is 160 Å². The summed E-state index contributed by atoms with van der Waals surface area (Å²) >= 11 is 5.89. The molecule has 1 N–H and O–H groups in total. The number of rotatable bonds is 4. The number of nitrogens with zero attached hydrogens (tertiary/aromatic N) is 3. The summed E-state index contributed by atoms with van der Waals surface area (Å²) in [5.41, 5.74) is -2.35. The molecule has 148 valence electrons. The highest BCUT2D eigenvalue weighted by atomic mass is 35.5. The van der Waals surface area contributed by atoms with Crippen LogP contribution < -0.4 is 10.4 Å². The summed E-state index contributed by atoms with van der Waals surface area (Å²) in [5.74, 6) is -2.72. The van der Waals surface area contributed by atoms with Crippen molar-refractivity contribution in [2.24, 2.45) is 0 Å². The van der Waals surface area contributed by atoms with Crippen molar-refractivity contribution >= 4 is 11.6 Å². The highest BCUT2D eigenvalue weighted by Crippen LogP contribution is 2.39. The fourth-order valence-corrected chi connectivity index (χ4v) is 2.68. The molecule has 0 atom stereocenters. The first-order chi connectivity index (χ1) is 13.1. The third-order valence-corrected chi connectivity index (χ3v) is 4.10. The maximum absolute atomic E-state index is 14.4. The van der Waals surface area contributed by atoms with Crippen LogP contribution in [0, 0.1) is 5.82 Å². The number of aromatic nitrogens is 3. The van der Waals surface area contributed by atoms with E-state index in [0.717, 1.165) is 41.2 Å². The standard InChI is InChI=1S/C17H12ClF4N3O3/c1-2-24-8-14(26)25(16(24)27)12-7-13(10(18)6-11(12)19)28-15-9(17(20,21)22)4-3-5-23-15/h3-8,26H,2H2,1H3. The van der Waals surface area contributed by atoms with E-state index in [0.29, 0.717) is 4.57 Å². The van der Waals surface area contributed by atoms with E-state index in [9.17, 15) is 27.5 Å². The normalized spacial score (nSPS) is 11.6. The second-order valence-corrected chi connectivity index (χ2v) is 5.99. The van der Waals surface area contributed by atoms with Gasteiger partial charge in [-0.05, 0) is 25.1 Å². The van der Waals surface area contributed by atoms with Gasteiger partial charge in [-0.25, -0.2) is 18.7 Å². The Kier molecular flexibility index (Phi) is 5.07. The highest BCUT2D eigenvalue weighted by Gasteiger charge is 2.35. The number of ether oxygens (including phenoxy) is 1. The van der Waals surface area contributed by atoms with Crippen LogP contribution in [0.5, 0.6) is 17.5 Å². The first kappa shape index (κ1) is 19.7. The van der Waals surface area contributed by atoms with Crippen LogP contribution in [0.4, 0.5) is 17.6 Å².